The summed E-state index contributed by atoms with van der Waals surface area (Å²) in [5.41, 5.74) is 6.44. The molecule has 1 saturated heterocycles. The molecule has 0 aromatic heterocycles. The third-order valence-corrected chi connectivity index (χ3v) is 4.65. The van der Waals surface area contributed by atoms with Gasteiger partial charge in [0.2, 0.25) is 0 Å². The molecule has 1 fully saturated rings. The van der Waals surface area contributed by atoms with E-state index in [-0.39, 0.29) is 11.5 Å². The summed E-state index contributed by atoms with van der Waals surface area (Å²) in [5.74, 6) is 1.62. The van der Waals surface area contributed by atoms with Crippen LogP contribution in [0.4, 0.5) is 0 Å². The van der Waals surface area contributed by atoms with Gasteiger partial charge in [-0.25, -0.2) is 0 Å². The van der Waals surface area contributed by atoms with E-state index in [1.165, 1.54) is 0 Å². The van der Waals surface area contributed by atoms with Gasteiger partial charge in [-0.05, 0) is 11.8 Å². The molecule has 1 aliphatic heterocycles. The summed E-state index contributed by atoms with van der Waals surface area (Å²) in [5, 5.41) is 0. The Morgan fingerprint density at radius 2 is 1.81 bits per heavy atom. The molecule has 2 N–H and O–H groups in total. The fourth-order valence-corrected chi connectivity index (χ4v) is 3.69. The second kappa shape index (κ2) is 5.61. The molecule has 96 valence electrons. The van der Waals surface area contributed by atoms with Crippen molar-refractivity contribution in [3.63, 3.8) is 0 Å². The minimum absolute atomic E-state index is 0.189. The molecule has 0 aromatic rings. The molecule has 0 spiro atoms. The molecule has 16 heavy (non-hydrogen) atoms. The van der Waals surface area contributed by atoms with Crippen LogP contribution in [0, 0.1) is 5.41 Å². The van der Waals surface area contributed by atoms with Crippen molar-refractivity contribution in [1.29, 1.82) is 0 Å². The molecule has 1 rings (SSSR count). The Labute approximate surface area is 102 Å². The van der Waals surface area contributed by atoms with Crippen molar-refractivity contribution in [1.82, 2.24) is 4.90 Å². The van der Waals surface area contributed by atoms with Gasteiger partial charge in [0.05, 0.1) is 0 Å². The Hall–Kier alpha value is 0.0700. The van der Waals surface area contributed by atoms with E-state index >= 15 is 0 Å². The van der Waals surface area contributed by atoms with Crippen molar-refractivity contribution >= 4 is 10.8 Å². The van der Waals surface area contributed by atoms with Gasteiger partial charge in [-0.15, -0.1) is 0 Å². The molecule has 4 heteroatoms. The van der Waals surface area contributed by atoms with Crippen molar-refractivity contribution in [2.45, 2.75) is 46.2 Å². The SMILES string of the molecule is CCC(N)C(N1CCS(=O)CC1)C(C)(C)C. The van der Waals surface area contributed by atoms with E-state index in [1.54, 1.807) is 0 Å². The maximum atomic E-state index is 11.4. The molecule has 0 saturated carbocycles. The predicted molar refractivity (Wildman–Crippen MR) is 71.0 cm³/mol. The van der Waals surface area contributed by atoms with E-state index in [2.05, 4.69) is 32.6 Å². The number of hydrogen-bond donors (Lipinski definition) is 1. The number of hydrogen-bond acceptors (Lipinski definition) is 3. The largest absolute Gasteiger partial charge is 0.326 e. The highest BCUT2D eigenvalue weighted by atomic mass is 32.2. The zero-order valence-corrected chi connectivity index (χ0v) is 11.8. The zero-order chi connectivity index (χ0) is 12.3. The van der Waals surface area contributed by atoms with Crippen LogP contribution in [0.25, 0.3) is 0 Å². The summed E-state index contributed by atoms with van der Waals surface area (Å²) < 4.78 is 11.4. The fourth-order valence-electron chi connectivity index (χ4n) is 2.61. The van der Waals surface area contributed by atoms with Crippen LogP contribution in [0.5, 0.6) is 0 Å². The van der Waals surface area contributed by atoms with Gasteiger partial charge in [-0.2, -0.15) is 0 Å². The van der Waals surface area contributed by atoms with Crippen LogP contribution in [-0.2, 0) is 10.8 Å². The maximum absolute atomic E-state index is 11.4. The normalized spacial score (nSPS) is 24.3. The molecule has 3 nitrogen and oxygen atoms in total. The molecule has 1 heterocycles. The van der Waals surface area contributed by atoms with Crippen LogP contribution in [0.3, 0.4) is 0 Å². The first kappa shape index (κ1) is 14.1. The Morgan fingerprint density at radius 1 is 1.31 bits per heavy atom. The lowest BCUT2D eigenvalue weighted by molar-refractivity contribution is 0.0846. The Morgan fingerprint density at radius 3 is 2.19 bits per heavy atom. The average molecular weight is 246 g/mol. The van der Waals surface area contributed by atoms with Gasteiger partial charge in [0.25, 0.3) is 0 Å². The molecular weight excluding hydrogens is 220 g/mol. The summed E-state index contributed by atoms with van der Waals surface area (Å²) in [6, 6.07) is 0.612. The van der Waals surface area contributed by atoms with Gasteiger partial charge >= 0.3 is 0 Å². The van der Waals surface area contributed by atoms with E-state index < -0.39 is 10.8 Å². The number of nitrogens with zero attached hydrogens (tertiary/aromatic N) is 1. The van der Waals surface area contributed by atoms with E-state index in [0.717, 1.165) is 31.0 Å². The van der Waals surface area contributed by atoms with E-state index in [1.807, 2.05) is 0 Å². The molecule has 0 aromatic carbocycles. The third kappa shape index (κ3) is 3.54. The Balaban J connectivity index is 2.73. The Kier molecular flexibility index (Phi) is 4.95. The fraction of sp³-hybridized carbons (Fsp3) is 1.00. The van der Waals surface area contributed by atoms with Crippen LogP contribution in [0.15, 0.2) is 0 Å². The van der Waals surface area contributed by atoms with Crippen molar-refractivity contribution in [2.24, 2.45) is 11.1 Å². The number of rotatable bonds is 3. The summed E-state index contributed by atoms with van der Waals surface area (Å²) in [4.78, 5) is 2.44. The molecule has 2 atom stereocenters. The van der Waals surface area contributed by atoms with Crippen molar-refractivity contribution in [3.05, 3.63) is 0 Å². The first-order valence-electron chi connectivity index (χ1n) is 6.21. The second-order valence-electron chi connectivity index (χ2n) is 5.77. The first-order valence-corrected chi connectivity index (χ1v) is 7.69. The van der Waals surface area contributed by atoms with Crippen LogP contribution < -0.4 is 5.73 Å². The minimum Gasteiger partial charge on any atom is -0.326 e. The molecule has 0 amide bonds. The van der Waals surface area contributed by atoms with Crippen molar-refractivity contribution < 1.29 is 4.21 Å². The van der Waals surface area contributed by atoms with Gasteiger partial charge in [0, 0.05) is 47.5 Å². The zero-order valence-electron chi connectivity index (χ0n) is 11.0. The summed E-state index contributed by atoms with van der Waals surface area (Å²) in [7, 11) is -0.602. The van der Waals surface area contributed by atoms with Crippen molar-refractivity contribution in [3.8, 4) is 0 Å². The van der Waals surface area contributed by atoms with Crippen LogP contribution >= 0.6 is 0 Å². The Bertz CT molecular complexity index is 240. The lowest BCUT2D eigenvalue weighted by Gasteiger charge is -2.44. The lowest BCUT2D eigenvalue weighted by atomic mass is 9.80. The summed E-state index contributed by atoms with van der Waals surface area (Å²) in [6.07, 6.45) is 1.00. The highest BCUT2D eigenvalue weighted by Crippen LogP contribution is 2.28. The van der Waals surface area contributed by atoms with Crippen molar-refractivity contribution in [2.75, 3.05) is 24.6 Å². The smallest absolute Gasteiger partial charge is 0.0363 e. The van der Waals surface area contributed by atoms with Gasteiger partial charge in [0.1, 0.15) is 0 Å². The maximum Gasteiger partial charge on any atom is 0.0363 e. The van der Waals surface area contributed by atoms with E-state index in [9.17, 15) is 4.21 Å². The van der Waals surface area contributed by atoms with E-state index in [0.29, 0.717) is 6.04 Å². The van der Waals surface area contributed by atoms with Gasteiger partial charge in [-0.3, -0.25) is 9.11 Å². The van der Waals surface area contributed by atoms with Crippen LogP contribution in [-0.4, -0.2) is 45.8 Å². The third-order valence-electron chi connectivity index (χ3n) is 3.37. The highest BCUT2D eigenvalue weighted by molar-refractivity contribution is 7.85. The molecule has 1 aliphatic rings. The average Bonchev–Trinajstić information content (AvgIpc) is 2.19. The topological polar surface area (TPSA) is 46.3 Å². The molecule has 0 bridgehead atoms. The quantitative estimate of drug-likeness (QED) is 0.814. The number of nitrogens with two attached hydrogens (primary N) is 1. The standard InChI is InChI=1S/C12H26N2OS/c1-5-10(13)11(12(2,3)4)14-6-8-16(15)9-7-14/h10-11H,5-9,13H2,1-4H3. The monoisotopic (exact) mass is 246 g/mol. The predicted octanol–water partition coefficient (Wildman–Crippen LogP) is 1.20. The summed E-state index contributed by atoms with van der Waals surface area (Å²) >= 11 is 0. The lowest BCUT2D eigenvalue weighted by Crippen LogP contribution is -2.57. The highest BCUT2D eigenvalue weighted by Gasteiger charge is 2.35. The van der Waals surface area contributed by atoms with Gasteiger partial charge < -0.3 is 5.73 Å². The first-order chi connectivity index (χ1) is 7.36. The van der Waals surface area contributed by atoms with Gasteiger partial charge in [0.15, 0.2) is 0 Å². The second-order valence-corrected chi connectivity index (χ2v) is 7.46. The molecule has 2 unspecified atom stereocenters. The van der Waals surface area contributed by atoms with Gasteiger partial charge in [-0.1, -0.05) is 27.7 Å². The van der Waals surface area contributed by atoms with Crippen LogP contribution in [0.2, 0.25) is 0 Å². The summed E-state index contributed by atoms with van der Waals surface area (Å²) in [6.45, 7) is 10.8. The molecule has 0 radical (unpaired) electrons. The van der Waals surface area contributed by atoms with Crippen LogP contribution in [0.1, 0.15) is 34.1 Å². The molecular formula is C12H26N2OS. The molecule has 0 aliphatic carbocycles. The minimum atomic E-state index is -0.602. The van der Waals surface area contributed by atoms with E-state index in [4.69, 9.17) is 5.73 Å².